The van der Waals surface area contributed by atoms with Crippen molar-refractivity contribution in [3.8, 4) is 0 Å². The zero-order valence-electron chi connectivity index (χ0n) is 11.1. The number of halogens is 2. The van der Waals surface area contributed by atoms with E-state index in [2.05, 4.69) is 4.90 Å². The van der Waals surface area contributed by atoms with Gasteiger partial charge in [0.15, 0.2) is 17.4 Å². The summed E-state index contributed by atoms with van der Waals surface area (Å²) in [6.07, 6.45) is 0.209. The van der Waals surface area contributed by atoms with Crippen LogP contribution in [0.5, 0.6) is 0 Å². The third-order valence-corrected chi connectivity index (χ3v) is 3.13. The van der Waals surface area contributed by atoms with Gasteiger partial charge in [-0.05, 0) is 31.6 Å². The average Bonchev–Trinajstić information content (AvgIpc) is 2.37. The van der Waals surface area contributed by atoms with E-state index >= 15 is 0 Å². The van der Waals surface area contributed by atoms with Crippen LogP contribution >= 0.6 is 0 Å². The smallest absolute Gasteiger partial charge is 0.169 e. The zero-order chi connectivity index (χ0) is 13.7. The number of carbonyl (C=O) groups excluding carboxylic acids is 1. The van der Waals surface area contributed by atoms with Crippen LogP contribution in [0.15, 0.2) is 12.1 Å². The van der Waals surface area contributed by atoms with Gasteiger partial charge in [0.2, 0.25) is 0 Å². The Hall–Kier alpha value is -1.29. The standard InChI is InChI=1S/C14H19F2NO/c1-4-17(5-2)9-8-12(18)11-7-6-10(3)13(15)14(11)16/h6-7H,4-5,8-9H2,1-3H3. The van der Waals surface area contributed by atoms with Gasteiger partial charge in [0.1, 0.15) is 0 Å². The monoisotopic (exact) mass is 255 g/mol. The topological polar surface area (TPSA) is 20.3 Å². The van der Waals surface area contributed by atoms with E-state index in [1.165, 1.54) is 19.1 Å². The normalized spacial score (nSPS) is 11.0. The molecule has 0 atom stereocenters. The van der Waals surface area contributed by atoms with Crippen molar-refractivity contribution < 1.29 is 13.6 Å². The molecule has 100 valence electrons. The van der Waals surface area contributed by atoms with Crippen LogP contribution in [0.25, 0.3) is 0 Å². The van der Waals surface area contributed by atoms with Crippen molar-refractivity contribution in [2.75, 3.05) is 19.6 Å². The van der Waals surface area contributed by atoms with Gasteiger partial charge in [-0.3, -0.25) is 4.79 Å². The number of aryl methyl sites for hydroxylation is 1. The van der Waals surface area contributed by atoms with E-state index in [1.54, 1.807) is 0 Å². The summed E-state index contributed by atoms with van der Waals surface area (Å²) in [6, 6.07) is 2.79. The second-order valence-corrected chi connectivity index (χ2v) is 4.26. The van der Waals surface area contributed by atoms with E-state index in [0.717, 1.165) is 13.1 Å². The van der Waals surface area contributed by atoms with Crippen LogP contribution in [0.1, 0.15) is 36.2 Å². The predicted octanol–water partition coefficient (Wildman–Crippen LogP) is 3.19. The molecular weight excluding hydrogens is 236 g/mol. The highest BCUT2D eigenvalue weighted by molar-refractivity contribution is 5.96. The maximum absolute atomic E-state index is 13.6. The molecule has 0 saturated heterocycles. The van der Waals surface area contributed by atoms with Crippen molar-refractivity contribution in [3.05, 3.63) is 34.9 Å². The second-order valence-electron chi connectivity index (χ2n) is 4.26. The zero-order valence-corrected chi connectivity index (χ0v) is 11.1. The van der Waals surface area contributed by atoms with Gasteiger partial charge >= 0.3 is 0 Å². The lowest BCUT2D eigenvalue weighted by Crippen LogP contribution is -2.26. The second kappa shape index (κ2) is 6.59. The number of hydrogen-bond acceptors (Lipinski definition) is 2. The van der Waals surface area contributed by atoms with Crippen molar-refractivity contribution in [3.63, 3.8) is 0 Å². The highest BCUT2D eigenvalue weighted by Crippen LogP contribution is 2.17. The Bertz CT molecular complexity index is 428. The van der Waals surface area contributed by atoms with Gasteiger partial charge in [-0.15, -0.1) is 0 Å². The van der Waals surface area contributed by atoms with Gasteiger partial charge in [-0.2, -0.15) is 0 Å². The molecule has 0 aliphatic carbocycles. The maximum atomic E-state index is 13.6. The fraction of sp³-hybridized carbons (Fsp3) is 0.500. The molecule has 0 amide bonds. The SMILES string of the molecule is CCN(CC)CCC(=O)c1ccc(C)c(F)c1F. The molecule has 1 rings (SSSR count). The number of ketones is 1. The van der Waals surface area contributed by atoms with E-state index in [9.17, 15) is 13.6 Å². The predicted molar refractivity (Wildman–Crippen MR) is 67.8 cm³/mol. The van der Waals surface area contributed by atoms with Crippen LogP contribution in [0.4, 0.5) is 8.78 Å². The summed E-state index contributed by atoms with van der Waals surface area (Å²) in [6.45, 7) is 7.73. The Balaban J connectivity index is 2.76. The first-order valence-corrected chi connectivity index (χ1v) is 6.21. The minimum atomic E-state index is -1.03. The van der Waals surface area contributed by atoms with E-state index < -0.39 is 11.6 Å². The molecule has 0 aromatic heterocycles. The Morgan fingerprint density at radius 3 is 2.33 bits per heavy atom. The van der Waals surface area contributed by atoms with Crippen molar-refractivity contribution in [2.24, 2.45) is 0 Å². The minimum absolute atomic E-state index is 0.148. The minimum Gasteiger partial charge on any atom is -0.303 e. The van der Waals surface area contributed by atoms with Crippen LogP contribution in [0.2, 0.25) is 0 Å². The fourth-order valence-electron chi connectivity index (χ4n) is 1.80. The summed E-state index contributed by atoms with van der Waals surface area (Å²) in [5.74, 6) is -2.30. The number of Topliss-reactive ketones (excluding diaryl/α,β-unsaturated/α-hetero) is 1. The van der Waals surface area contributed by atoms with Gasteiger partial charge < -0.3 is 4.90 Å². The molecule has 18 heavy (non-hydrogen) atoms. The van der Waals surface area contributed by atoms with Crippen molar-refractivity contribution in [2.45, 2.75) is 27.2 Å². The molecule has 0 bridgehead atoms. The molecule has 1 aromatic carbocycles. The molecule has 1 aromatic rings. The molecule has 0 aliphatic rings. The first-order chi connectivity index (χ1) is 8.51. The summed E-state index contributed by atoms with van der Waals surface area (Å²) in [4.78, 5) is 13.9. The van der Waals surface area contributed by atoms with Crippen LogP contribution in [0, 0.1) is 18.6 Å². The molecule has 0 saturated carbocycles. The summed E-state index contributed by atoms with van der Waals surface area (Å²) < 4.78 is 26.9. The molecule has 0 radical (unpaired) electrons. The Morgan fingerprint density at radius 2 is 1.78 bits per heavy atom. The van der Waals surface area contributed by atoms with E-state index in [1.807, 2.05) is 13.8 Å². The average molecular weight is 255 g/mol. The van der Waals surface area contributed by atoms with E-state index in [-0.39, 0.29) is 23.3 Å². The summed E-state index contributed by atoms with van der Waals surface area (Å²) >= 11 is 0. The van der Waals surface area contributed by atoms with Crippen LogP contribution in [0.3, 0.4) is 0 Å². The lowest BCUT2D eigenvalue weighted by atomic mass is 10.0. The molecule has 0 aliphatic heterocycles. The van der Waals surface area contributed by atoms with Crippen molar-refractivity contribution in [1.29, 1.82) is 0 Å². The first kappa shape index (κ1) is 14.8. The highest BCUT2D eigenvalue weighted by atomic mass is 19.2. The molecule has 0 fully saturated rings. The van der Waals surface area contributed by atoms with Gasteiger partial charge in [-0.1, -0.05) is 19.9 Å². The van der Waals surface area contributed by atoms with Gasteiger partial charge in [0, 0.05) is 13.0 Å². The number of benzene rings is 1. The Kier molecular flexibility index (Phi) is 5.41. The fourth-order valence-corrected chi connectivity index (χ4v) is 1.80. The van der Waals surface area contributed by atoms with Gasteiger partial charge in [0.25, 0.3) is 0 Å². The number of rotatable bonds is 6. The Labute approximate surface area is 107 Å². The molecule has 0 N–H and O–H groups in total. The van der Waals surface area contributed by atoms with E-state index in [0.29, 0.717) is 6.54 Å². The summed E-state index contributed by atoms with van der Waals surface area (Å²) in [7, 11) is 0. The van der Waals surface area contributed by atoms with Gasteiger partial charge in [0.05, 0.1) is 5.56 Å². The van der Waals surface area contributed by atoms with Crippen LogP contribution in [-0.4, -0.2) is 30.3 Å². The Morgan fingerprint density at radius 1 is 1.17 bits per heavy atom. The molecule has 2 nitrogen and oxygen atoms in total. The highest BCUT2D eigenvalue weighted by Gasteiger charge is 2.17. The number of carbonyl (C=O) groups is 1. The third kappa shape index (κ3) is 3.35. The lowest BCUT2D eigenvalue weighted by molar-refractivity contribution is 0.0961. The summed E-state index contributed by atoms with van der Waals surface area (Å²) in [5.41, 5.74) is 0.0676. The molecule has 4 heteroatoms. The molecule has 0 spiro atoms. The molecule has 0 unspecified atom stereocenters. The molecular formula is C14H19F2NO. The van der Waals surface area contributed by atoms with E-state index in [4.69, 9.17) is 0 Å². The summed E-state index contributed by atoms with van der Waals surface area (Å²) in [5, 5.41) is 0. The van der Waals surface area contributed by atoms with Crippen LogP contribution < -0.4 is 0 Å². The van der Waals surface area contributed by atoms with Crippen LogP contribution in [-0.2, 0) is 0 Å². The maximum Gasteiger partial charge on any atom is 0.169 e. The number of hydrogen-bond donors (Lipinski definition) is 0. The lowest BCUT2D eigenvalue weighted by Gasteiger charge is -2.17. The third-order valence-electron chi connectivity index (χ3n) is 3.13. The first-order valence-electron chi connectivity index (χ1n) is 6.21. The van der Waals surface area contributed by atoms with Crippen molar-refractivity contribution in [1.82, 2.24) is 4.90 Å². The number of nitrogens with zero attached hydrogens (tertiary/aromatic N) is 1. The van der Waals surface area contributed by atoms with Crippen molar-refractivity contribution >= 4 is 5.78 Å². The largest absolute Gasteiger partial charge is 0.303 e. The van der Waals surface area contributed by atoms with Gasteiger partial charge in [-0.25, -0.2) is 8.78 Å². The molecule has 0 heterocycles. The quantitative estimate of drug-likeness (QED) is 0.728.